The molecule has 0 saturated heterocycles. The van der Waals surface area contributed by atoms with Crippen LogP contribution in [0.15, 0.2) is 91.0 Å². The van der Waals surface area contributed by atoms with Crippen molar-refractivity contribution in [2.75, 3.05) is 0 Å². The molecule has 16 heteroatoms. The van der Waals surface area contributed by atoms with Gasteiger partial charge in [0.1, 0.15) is 30.2 Å². The number of hydrogen-bond donors (Lipinski definition) is 8. The van der Waals surface area contributed by atoms with Crippen molar-refractivity contribution in [2.45, 2.75) is 160 Å². The van der Waals surface area contributed by atoms with Gasteiger partial charge in [-0.15, -0.1) is 0 Å². The first kappa shape index (κ1) is 55.7. The van der Waals surface area contributed by atoms with E-state index in [1.54, 1.807) is 54.6 Å². The summed E-state index contributed by atoms with van der Waals surface area (Å²) in [6.45, 7) is 3.74. The maximum atomic E-state index is 13.8. The largest absolute Gasteiger partial charge is 0.480 e. The summed E-state index contributed by atoms with van der Waals surface area (Å²) in [7, 11) is 0. The fourth-order valence-electron chi connectivity index (χ4n) is 7.77. The molecule has 3 aromatic carbocycles. The number of carboxylic acids is 1. The van der Waals surface area contributed by atoms with E-state index in [2.05, 4.69) is 26.6 Å². The summed E-state index contributed by atoms with van der Waals surface area (Å²) in [5.41, 5.74) is 13.2. The van der Waals surface area contributed by atoms with Gasteiger partial charge < -0.3 is 43.2 Å². The first-order chi connectivity index (χ1) is 32.7. The number of benzene rings is 3. The summed E-state index contributed by atoms with van der Waals surface area (Å²) in [5.74, 6) is -5.49. The highest BCUT2D eigenvalue weighted by molar-refractivity contribution is 5.95. The van der Waals surface area contributed by atoms with Gasteiger partial charge in [0, 0.05) is 25.7 Å². The molecule has 0 spiro atoms. The Kier molecular flexibility index (Phi) is 25.7. The molecule has 2 unspecified atom stereocenters. The second-order valence-electron chi connectivity index (χ2n) is 17.6. The van der Waals surface area contributed by atoms with Crippen LogP contribution >= 0.6 is 0 Å². The van der Waals surface area contributed by atoms with E-state index in [4.69, 9.17) is 11.5 Å². The van der Waals surface area contributed by atoms with Crippen molar-refractivity contribution in [3.8, 4) is 0 Å². The number of aliphatic carboxylic acids is 1. The fourth-order valence-corrected chi connectivity index (χ4v) is 7.77. The van der Waals surface area contributed by atoms with Gasteiger partial charge in [-0.2, -0.15) is 0 Å². The van der Waals surface area contributed by atoms with Crippen molar-refractivity contribution >= 4 is 47.3 Å². The Morgan fingerprint density at radius 2 is 0.897 bits per heavy atom. The van der Waals surface area contributed by atoms with E-state index >= 15 is 0 Å². The van der Waals surface area contributed by atoms with Gasteiger partial charge in [-0.3, -0.25) is 33.6 Å². The number of hydrogen-bond acceptors (Lipinski definition) is 8. The molecule has 10 N–H and O–H groups in total. The van der Waals surface area contributed by atoms with Gasteiger partial charge in [0.15, 0.2) is 0 Å². The van der Waals surface area contributed by atoms with Gasteiger partial charge in [0.2, 0.25) is 41.4 Å². The Morgan fingerprint density at radius 3 is 1.34 bits per heavy atom. The number of carboxylic acid groups (broad SMARTS) is 1. The molecule has 16 nitrogen and oxygen atoms in total. The van der Waals surface area contributed by atoms with Gasteiger partial charge >= 0.3 is 5.97 Å². The molecule has 0 aromatic heterocycles. The van der Waals surface area contributed by atoms with Crippen LogP contribution in [0.1, 0.15) is 139 Å². The van der Waals surface area contributed by atoms with E-state index in [9.17, 15) is 43.5 Å². The molecule has 370 valence electrons. The zero-order valence-corrected chi connectivity index (χ0v) is 39.7. The molecule has 6 atom stereocenters. The minimum atomic E-state index is -1.25. The molecule has 0 aliphatic carbocycles. The first-order valence-corrected chi connectivity index (χ1v) is 24.1. The van der Waals surface area contributed by atoms with Crippen LogP contribution in [-0.4, -0.2) is 76.6 Å². The zero-order valence-electron chi connectivity index (χ0n) is 39.7. The maximum Gasteiger partial charge on any atom is 0.326 e. The lowest BCUT2D eigenvalue weighted by Gasteiger charge is -2.28. The van der Waals surface area contributed by atoms with Gasteiger partial charge in [-0.1, -0.05) is 175 Å². The number of amides is 7. The Balaban J connectivity index is 1.29. The lowest BCUT2D eigenvalue weighted by Crippen LogP contribution is -2.57. The number of nitrogens with one attached hydrogen (secondary N) is 5. The van der Waals surface area contributed by atoms with Gasteiger partial charge in [-0.25, -0.2) is 4.79 Å². The number of carbonyl (C=O) groups excluding carboxylic acids is 7. The van der Waals surface area contributed by atoms with Crippen molar-refractivity contribution in [1.82, 2.24) is 26.6 Å². The number of carbonyl (C=O) groups is 8. The number of unbranched alkanes of at least 4 members (excludes halogenated alkanes) is 11. The van der Waals surface area contributed by atoms with E-state index in [0.29, 0.717) is 24.8 Å². The number of nitrogens with two attached hydrogens (primary N) is 2. The van der Waals surface area contributed by atoms with Gasteiger partial charge in [0.25, 0.3) is 0 Å². The fraction of sp³-hybridized carbons (Fsp3) is 0.500. The summed E-state index contributed by atoms with van der Waals surface area (Å²) in [6.07, 6.45) is 12.2. The number of rotatable bonds is 34. The van der Waals surface area contributed by atoms with Gasteiger partial charge in [-0.05, 0) is 35.4 Å². The highest BCUT2D eigenvalue weighted by Crippen LogP contribution is 2.18. The predicted octanol–water partition coefficient (Wildman–Crippen LogP) is 5.22. The topological polar surface area (TPSA) is 269 Å². The molecular formula is C52H73N7O9. The second kappa shape index (κ2) is 31.4. The zero-order chi connectivity index (χ0) is 49.7. The molecule has 0 aliphatic rings. The Morgan fingerprint density at radius 1 is 0.485 bits per heavy atom. The normalized spacial score (nSPS) is 13.6. The van der Waals surface area contributed by atoms with E-state index in [1.807, 2.05) is 50.2 Å². The lowest BCUT2D eigenvalue weighted by molar-refractivity contribution is -0.142. The van der Waals surface area contributed by atoms with Crippen LogP contribution in [0, 0.1) is 5.92 Å². The van der Waals surface area contributed by atoms with Crippen LogP contribution in [-0.2, 0) is 51.2 Å². The predicted molar refractivity (Wildman–Crippen MR) is 260 cm³/mol. The Hall–Kier alpha value is -6.58. The second-order valence-corrected chi connectivity index (χ2v) is 17.6. The summed E-state index contributed by atoms with van der Waals surface area (Å²) in [4.78, 5) is 102. The average Bonchev–Trinajstić information content (AvgIpc) is 3.32. The van der Waals surface area contributed by atoms with Crippen molar-refractivity contribution in [1.29, 1.82) is 0 Å². The molecule has 68 heavy (non-hydrogen) atoms. The maximum absolute atomic E-state index is 13.8. The summed E-state index contributed by atoms with van der Waals surface area (Å²) >= 11 is 0. The molecule has 0 fully saturated rings. The third-order valence-corrected chi connectivity index (χ3v) is 12.0. The van der Waals surface area contributed by atoms with Crippen LogP contribution in [0.25, 0.3) is 0 Å². The molecule has 0 radical (unpaired) electrons. The highest BCUT2D eigenvalue weighted by Gasteiger charge is 2.33. The first-order valence-electron chi connectivity index (χ1n) is 24.1. The standard InChI is InChI=1S/C52H73N7O9/c1-3-36(2)46(50(65)57-40(48(53)63)33-37-25-17-14-18-26-37)59-51(66)47(39-29-21-16-22-30-39)58-44(61)32-24-13-11-9-7-5-4-6-8-10-12-23-31-43(60)55-41(49(54)64)35-45(62)56-42(52(67)68)34-38-27-19-15-20-28-38/h14-22,25-30,36,40-42,46-47H,3-13,23-24,31-35H2,1-2H3,(H2,53,63)(H2,54,64)(H,55,60)(H,56,62)(H,57,65)(H,58,61)(H,59,66)(H,67,68)/t36?,40-,41+,42-,46+,47?/m0/s1. The Bertz CT molecular complexity index is 2040. The van der Waals surface area contributed by atoms with E-state index in [0.717, 1.165) is 75.3 Å². The van der Waals surface area contributed by atoms with Crippen LogP contribution in [0.2, 0.25) is 0 Å². The minimum Gasteiger partial charge on any atom is -0.480 e. The smallest absolute Gasteiger partial charge is 0.326 e. The minimum absolute atomic E-state index is 0.0650. The van der Waals surface area contributed by atoms with Crippen molar-refractivity contribution in [2.24, 2.45) is 17.4 Å². The van der Waals surface area contributed by atoms with Crippen LogP contribution in [0.5, 0.6) is 0 Å². The van der Waals surface area contributed by atoms with Gasteiger partial charge in [0.05, 0.1) is 6.42 Å². The lowest BCUT2D eigenvalue weighted by atomic mass is 9.96. The molecular weight excluding hydrogens is 867 g/mol. The monoisotopic (exact) mass is 940 g/mol. The Labute approximate surface area is 400 Å². The van der Waals surface area contributed by atoms with Crippen LogP contribution in [0.3, 0.4) is 0 Å². The van der Waals surface area contributed by atoms with Crippen molar-refractivity contribution in [3.63, 3.8) is 0 Å². The third-order valence-electron chi connectivity index (χ3n) is 12.0. The van der Waals surface area contributed by atoms with Crippen LogP contribution < -0.4 is 38.1 Å². The van der Waals surface area contributed by atoms with Crippen molar-refractivity contribution in [3.05, 3.63) is 108 Å². The highest BCUT2D eigenvalue weighted by atomic mass is 16.4. The number of primary amides is 2. The molecule has 3 aromatic rings. The molecule has 0 saturated carbocycles. The molecule has 0 bridgehead atoms. The van der Waals surface area contributed by atoms with Crippen LogP contribution in [0.4, 0.5) is 0 Å². The summed E-state index contributed by atoms with van der Waals surface area (Å²) in [5, 5.41) is 23.0. The molecule has 7 amide bonds. The van der Waals surface area contributed by atoms with E-state index in [-0.39, 0.29) is 37.5 Å². The van der Waals surface area contributed by atoms with E-state index < -0.39 is 78.0 Å². The summed E-state index contributed by atoms with van der Waals surface area (Å²) < 4.78 is 0. The molecule has 3 rings (SSSR count). The third kappa shape index (κ3) is 21.8. The van der Waals surface area contributed by atoms with E-state index in [1.165, 1.54) is 0 Å². The quantitative estimate of drug-likeness (QED) is 0.0364. The summed E-state index contributed by atoms with van der Waals surface area (Å²) in [6, 6.07) is 21.5. The molecule has 0 aliphatic heterocycles. The average molecular weight is 940 g/mol. The SMILES string of the molecule is CCC(C)[C@@H](NC(=O)C(NC(=O)CCCCCCCCCCCCCCC(=O)N[C@H](CC(=O)N[C@@H](Cc1ccccc1)C(=O)O)C(N)=O)c1ccccc1)C(=O)N[C@@H](Cc1ccccc1)C(N)=O. The van der Waals surface area contributed by atoms with Crippen molar-refractivity contribution < 1.29 is 43.5 Å². The molecule has 0 heterocycles.